The first-order valence-corrected chi connectivity index (χ1v) is 3.92. The van der Waals surface area contributed by atoms with Gasteiger partial charge in [-0.15, -0.1) is 0 Å². The normalized spacial score (nSPS) is 8.92. The highest BCUT2D eigenvalue weighted by atomic mass is 16.2. The summed E-state index contributed by atoms with van der Waals surface area (Å²) in [7, 11) is 0. The van der Waals surface area contributed by atoms with Crippen LogP contribution in [0.4, 0.5) is 10.5 Å². The van der Waals surface area contributed by atoms with Crippen LogP contribution in [0.3, 0.4) is 0 Å². The van der Waals surface area contributed by atoms with Crippen molar-refractivity contribution in [3.63, 3.8) is 0 Å². The van der Waals surface area contributed by atoms with E-state index >= 15 is 0 Å². The molecule has 1 aromatic carbocycles. The van der Waals surface area contributed by atoms with E-state index in [0.29, 0.717) is 0 Å². The number of hydrogen-bond donors (Lipinski definition) is 3. The molecule has 0 heterocycles. The predicted molar refractivity (Wildman–Crippen MR) is 52.2 cm³/mol. The molecule has 0 aliphatic carbocycles. The van der Waals surface area contributed by atoms with E-state index in [1.807, 2.05) is 18.2 Å². The number of amides is 2. The van der Waals surface area contributed by atoms with E-state index in [4.69, 9.17) is 5.41 Å². The van der Waals surface area contributed by atoms with Crippen LogP contribution in [0.1, 0.15) is 0 Å². The molecule has 0 bridgehead atoms. The second kappa shape index (κ2) is 4.92. The molecular weight excluding hydrogens is 166 g/mol. The molecule has 0 aromatic heterocycles. The summed E-state index contributed by atoms with van der Waals surface area (Å²) < 4.78 is 0. The van der Waals surface area contributed by atoms with Crippen molar-refractivity contribution in [2.75, 3.05) is 11.9 Å². The van der Waals surface area contributed by atoms with Crippen LogP contribution in [0, 0.1) is 5.41 Å². The van der Waals surface area contributed by atoms with Gasteiger partial charge in [0.15, 0.2) is 0 Å². The molecule has 0 saturated carbocycles. The van der Waals surface area contributed by atoms with Crippen molar-refractivity contribution >= 4 is 17.9 Å². The molecule has 0 radical (unpaired) electrons. The molecule has 0 spiro atoms. The monoisotopic (exact) mass is 177 g/mol. The molecule has 4 heteroatoms. The molecular formula is C9H11N3O. The molecule has 0 saturated heterocycles. The van der Waals surface area contributed by atoms with Gasteiger partial charge < -0.3 is 16.0 Å². The second-order valence-electron chi connectivity index (χ2n) is 2.41. The standard InChI is InChI=1S/C9H11N3O/c10-6-7-11-9(13)12-8-4-2-1-3-5-8/h1-6,10H,7H2,(H2,11,12,13). The first-order chi connectivity index (χ1) is 6.33. The summed E-state index contributed by atoms with van der Waals surface area (Å²) in [5, 5.41) is 11.8. The summed E-state index contributed by atoms with van der Waals surface area (Å²) in [4.78, 5) is 11.0. The van der Waals surface area contributed by atoms with Crippen LogP contribution in [-0.4, -0.2) is 18.8 Å². The molecule has 1 aromatic rings. The number of para-hydroxylation sites is 1. The number of anilines is 1. The lowest BCUT2D eigenvalue weighted by Gasteiger charge is -2.04. The number of hydrogen-bond acceptors (Lipinski definition) is 2. The van der Waals surface area contributed by atoms with Gasteiger partial charge in [-0.3, -0.25) is 0 Å². The summed E-state index contributed by atoms with van der Waals surface area (Å²) in [5.74, 6) is 0. The maximum atomic E-state index is 11.0. The molecule has 1 rings (SSSR count). The SMILES string of the molecule is N=CCNC(=O)Nc1ccccc1. The van der Waals surface area contributed by atoms with Crippen molar-refractivity contribution in [3.05, 3.63) is 30.3 Å². The predicted octanol–water partition coefficient (Wildman–Crippen LogP) is 1.46. The van der Waals surface area contributed by atoms with Gasteiger partial charge in [0.2, 0.25) is 0 Å². The fourth-order valence-electron chi connectivity index (χ4n) is 0.841. The quantitative estimate of drug-likeness (QED) is 0.601. The summed E-state index contributed by atoms with van der Waals surface area (Å²) in [6, 6.07) is 8.85. The van der Waals surface area contributed by atoms with E-state index in [9.17, 15) is 4.79 Å². The molecule has 2 amide bonds. The maximum Gasteiger partial charge on any atom is 0.319 e. The minimum atomic E-state index is -0.297. The molecule has 0 unspecified atom stereocenters. The van der Waals surface area contributed by atoms with Crippen molar-refractivity contribution < 1.29 is 4.79 Å². The molecule has 0 aliphatic rings. The fourth-order valence-corrected chi connectivity index (χ4v) is 0.841. The molecule has 4 nitrogen and oxygen atoms in total. The summed E-state index contributed by atoms with van der Waals surface area (Å²) in [5.41, 5.74) is 0.741. The van der Waals surface area contributed by atoms with Gasteiger partial charge in [0, 0.05) is 11.9 Å². The third-order valence-corrected chi connectivity index (χ3v) is 1.40. The molecule has 0 fully saturated rings. The van der Waals surface area contributed by atoms with Gasteiger partial charge >= 0.3 is 6.03 Å². The zero-order chi connectivity index (χ0) is 9.52. The smallest absolute Gasteiger partial charge is 0.319 e. The van der Waals surface area contributed by atoms with Gasteiger partial charge in [-0.05, 0) is 12.1 Å². The average molecular weight is 177 g/mol. The van der Waals surface area contributed by atoms with Gasteiger partial charge in [-0.1, -0.05) is 18.2 Å². The Hall–Kier alpha value is -1.84. The highest BCUT2D eigenvalue weighted by Gasteiger charge is 1.97. The maximum absolute atomic E-state index is 11.0. The van der Waals surface area contributed by atoms with Crippen LogP contribution in [0.15, 0.2) is 30.3 Å². The first-order valence-electron chi connectivity index (χ1n) is 3.92. The Labute approximate surface area is 76.5 Å². The molecule has 13 heavy (non-hydrogen) atoms. The Balaban J connectivity index is 2.41. The lowest BCUT2D eigenvalue weighted by Crippen LogP contribution is -2.29. The number of carbonyl (C=O) groups is 1. The van der Waals surface area contributed by atoms with Crippen molar-refractivity contribution in [1.29, 1.82) is 5.41 Å². The topological polar surface area (TPSA) is 65.0 Å². The average Bonchev–Trinajstić information content (AvgIpc) is 2.16. The van der Waals surface area contributed by atoms with E-state index in [-0.39, 0.29) is 12.6 Å². The fraction of sp³-hybridized carbons (Fsp3) is 0.111. The van der Waals surface area contributed by atoms with Crippen molar-refractivity contribution in [2.45, 2.75) is 0 Å². The van der Waals surface area contributed by atoms with E-state index in [1.165, 1.54) is 0 Å². The number of nitrogens with one attached hydrogen (secondary N) is 3. The van der Waals surface area contributed by atoms with Gasteiger partial charge in [0.05, 0.1) is 6.54 Å². The third kappa shape index (κ3) is 3.37. The van der Waals surface area contributed by atoms with Gasteiger partial charge in [-0.2, -0.15) is 0 Å². The molecule has 0 atom stereocenters. The zero-order valence-electron chi connectivity index (χ0n) is 7.08. The number of carbonyl (C=O) groups excluding carboxylic acids is 1. The van der Waals surface area contributed by atoms with Crippen molar-refractivity contribution in [1.82, 2.24) is 5.32 Å². The van der Waals surface area contributed by atoms with Crippen LogP contribution in [0.2, 0.25) is 0 Å². The van der Waals surface area contributed by atoms with Gasteiger partial charge in [0.1, 0.15) is 0 Å². The summed E-state index contributed by atoms with van der Waals surface area (Å²) >= 11 is 0. The lowest BCUT2D eigenvalue weighted by molar-refractivity contribution is 0.253. The van der Waals surface area contributed by atoms with Gasteiger partial charge in [-0.25, -0.2) is 4.79 Å². The minimum absolute atomic E-state index is 0.249. The highest BCUT2D eigenvalue weighted by molar-refractivity contribution is 5.90. The Bertz CT molecular complexity index is 284. The van der Waals surface area contributed by atoms with E-state index in [1.54, 1.807) is 12.1 Å². The molecule has 3 N–H and O–H groups in total. The Morgan fingerprint density at radius 2 is 2.08 bits per heavy atom. The number of benzene rings is 1. The van der Waals surface area contributed by atoms with Crippen molar-refractivity contribution in [3.8, 4) is 0 Å². The van der Waals surface area contributed by atoms with E-state index in [0.717, 1.165) is 11.9 Å². The van der Waals surface area contributed by atoms with Crippen molar-refractivity contribution in [2.24, 2.45) is 0 Å². The lowest BCUT2D eigenvalue weighted by atomic mass is 10.3. The van der Waals surface area contributed by atoms with Gasteiger partial charge in [0.25, 0.3) is 0 Å². The van der Waals surface area contributed by atoms with Crippen LogP contribution in [0.5, 0.6) is 0 Å². The largest absolute Gasteiger partial charge is 0.333 e. The van der Waals surface area contributed by atoms with Crippen LogP contribution >= 0.6 is 0 Å². The number of urea groups is 1. The zero-order valence-corrected chi connectivity index (χ0v) is 7.08. The van der Waals surface area contributed by atoms with Crippen LogP contribution < -0.4 is 10.6 Å². The minimum Gasteiger partial charge on any atom is -0.333 e. The van der Waals surface area contributed by atoms with E-state index < -0.39 is 0 Å². The molecule has 0 aliphatic heterocycles. The summed E-state index contributed by atoms with van der Waals surface area (Å²) in [6.07, 6.45) is 1.13. The Morgan fingerprint density at radius 1 is 1.38 bits per heavy atom. The second-order valence-corrected chi connectivity index (χ2v) is 2.41. The molecule has 68 valence electrons. The summed E-state index contributed by atoms with van der Waals surface area (Å²) in [6.45, 7) is 0.249. The van der Waals surface area contributed by atoms with E-state index in [2.05, 4.69) is 10.6 Å². The Kier molecular flexibility index (Phi) is 3.50. The highest BCUT2D eigenvalue weighted by Crippen LogP contribution is 2.03. The first kappa shape index (κ1) is 9.25. The van der Waals surface area contributed by atoms with Crippen LogP contribution in [0.25, 0.3) is 0 Å². The van der Waals surface area contributed by atoms with Crippen LogP contribution in [-0.2, 0) is 0 Å². The Morgan fingerprint density at radius 3 is 2.69 bits per heavy atom. The third-order valence-electron chi connectivity index (χ3n) is 1.40. The number of rotatable bonds is 3.